The first-order valence-electron chi connectivity index (χ1n) is 3.76. The van der Waals surface area contributed by atoms with E-state index in [4.69, 9.17) is 14.9 Å². The monoisotopic (exact) mass is 174 g/mol. The molecule has 0 saturated carbocycles. The molecule has 70 valence electrons. The maximum absolute atomic E-state index is 10.5. The lowest BCUT2D eigenvalue weighted by Gasteiger charge is -2.12. The van der Waals surface area contributed by atoms with Crippen LogP contribution in [0.25, 0.3) is 0 Å². The number of carboxylic acids is 1. The maximum Gasteiger partial charge on any atom is 0.334 e. The van der Waals surface area contributed by atoms with Gasteiger partial charge in [0.2, 0.25) is 0 Å². The van der Waals surface area contributed by atoms with Gasteiger partial charge in [-0.05, 0) is 13.8 Å². The van der Waals surface area contributed by atoms with Crippen molar-refractivity contribution in [3.63, 3.8) is 0 Å². The lowest BCUT2D eigenvalue weighted by atomic mass is 10.2. The molecular weight excluding hydrogens is 160 g/mol. The summed E-state index contributed by atoms with van der Waals surface area (Å²) in [6.45, 7) is 4.65. The van der Waals surface area contributed by atoms with E-state index < -0.39 is 12.3 Å². The molecule has 0 aromatic heterocycles. The standard InChI is InChI=1S/C8H14O4/c1-4-7(12-6(3)9)5(2)8(10)11/h6,9H,4H2,1-3H3,(H,10,11)/b7-5+. The van der Waals surface area contributed by atoms with Gasteiger partial charge < -0.3 is 14.9 Å². The van der Waals surface area contributed by atoms with Crippen LogP contribution in [0.4, 0.5) is 0 Å². The third kappa shape index (κ3) is 3.39. The molecule has 0 aliphatic heterocycles. The fourth-order valence-electron chi connectivity index (χ4n) is 0.762. The highest BCUT2D eigenvalue weighted by atomic mass is 16.6. The van der Waals surface area contributed by atoms with E-state index in [9.17, 15) is 4.79 Å². The van der Waals surface area contributed by atoms with Crippen molar-refractivity contribution in [1.82, 2.24) is 0 Å². The molecule has 0 amide bonds. The molecule has 0 bridgehead atoms. The number of ether oxygens (including phenoxy) is 1. The minimum absolute atomic E-state index is 0.137. The summed E-state index contributed by atoms with van der Waals surface area (Å²) in [5, 5.41) is 17.4. The Balaban J connectivity index is 4.50. The Morgan fingerprint density at radius 3 is 2.33 bits per heavy atom. The summed E-state index contributed by atoms with van der Waals surface area (Å²) in [5.41, 5.74) is 0.137. The average Bonchev–Trinajstić information content (AvgIpc) is 1.98. The van der Waals surface area contributed by atoms with E-state index in [2.05, 4.69) is 0 Å². The second-order valence-corrected chi connectivity index (χ2v) is 2.42. The van der Waals surface area contributed by atoms with Gasteiger partial charge in [0.1, 0.15) is 5.76 Å². The number of rotatable bonds is 4. The smallest absolute Gasteiger partial charge is 0.334 e. The number of hydrogen-bond acceptors (Lipinski definition) is 3. The van der Waals surface area contributed by atoms with E-state index >= 15 is 0 Å². The van der Waals surface area contributed by atoms with E-state index in [0.29, 0.717) is 12.2 Å². The fourth-order valence-corrected chi connectivity index (χ4v) is 0.762. The lowest BCUT2D eigenvalue weighted by molar-refractivity contribution is -0.133. The molecule has 0 fully saturated rings. The predicted molar refractivity (Wildman–Crippen MR) is 43.4 cm³/mol. The van der Waals surface area contributed by atoms with Crippen LogP contribution >= 0.6 is 0 Å². The van der Waals surface area contributed by atoms with Crippen molar-refractivity contribution in [2.75, 3.05) is 0 Å². The van der Waals surface area contributed by atoms with Crippen LogP contribution in [-0.2, 0) is 9.53 Å². The molecule has 0 aromatic rings. The predicted octanol–water partition coefficient (Wildman–Crippen LogP) is 1.11. The van der Waals surface area contributed by atoms with Crippen molar-refractivity contribution in [1.29, 1.82) is 0 Å². The summed E-state index contributed by atoms with van der Waals surface area (Å²) in [5.74, 6) is -0.704. The topological polar surface area (TPSA) is 66.8 Å². The number of aliphatic hydroxyl groups is 1. The fraction of sp³-hybridized carbons (Fsp3) is 0.625. The Morgan fingerprint density at radius 1 is 1.58 bits per heavy atom. The van der Waals surface area contributed by atoms with Gasteiger partial charge in [0.25, 0.3) is 0 Å². The summed E-state index contributed by atoms with van der Waals surface area (Å²) in [7, 11) is 0. The van der Waals surface area contributed by atoms with Crippen LogP contribution in [0.1, 0.15) is 27.2 Å². The van der Waals surface area contributed by atoms with E-state index in [-0.39, 0.29) is 5.57 Å². The zero-order valence-corrected chi connectivity index (χ0v) is 7.50. The van der Waals surface area contributed by atoms with E-state index in [0.717, 1.165) is 0 Å². The van der Waals surface area contributed by atoms with Gasteiger partial charge in [-0.2, -0.15) is 0 Å². The van der Waals surface area contributed by atoms with Crippen LogP contribution in [0.3, 0.4) is 0 Å². The minimum Gasteiger partial charge on any atom is -0.478 e. The highest BCUT2D eigenvalue weighted by Crippen LogP contribution is 2.11. The summed E-state index contributed by atoms with van der Waals surface area (Å²) < 4.78 is 4.88. The first-order chi connectivity index (χ1) is 5.49. The number of hydrogen-bond donors (Lipinski definition) is 2. The molecule has 0 radical (unpaired) electrons. The maximum atomic E-state index is 10.5. The average molecular weight is 174 g/mol. The van der Waals surface area contributed by atoms with Gasteiger partial charge in [-0.25, -0.2) is 4.79 Å². The number of carbonyl (C=O) groups is 1. The molecule has 4 nitrogen and oxygen atoms in total. The molecule has 0 saturated heterocycles. The van der Waals surface area contributed by atoms with E-state index in [1.807, 2.05) is 0 Å². The second-order valence-electron chi connectivity index (χ2n) is 2.42. The first-order valence-corrected chi connectivity index (χ1v) is 3.76. The van der Waals surface area contributed by atoms with Crippen LogP contribution in [0.2, 0.25) is 0 Å². The quantitative estimate of drug-likeness (QED) is 0.380. The molecule has 0 rings (SSSR count). The van der Waals surface area contributed by atoms with Gasteiger partial charge in [-0.3, -0.25) is 0 Å². The van der Waals surface area contributed by atoms with Crippen LogP contribution in [0, 0.1) is 0 Å². The zero-order chi connectivity index (χ0) is 9.72. The Hall–Kier alpha value is -1.03. The van der Waals surface area contributed by atoms with E-state index in [1.165, 1.54) is 13.8 Å². The zero-order valence-electron chi connectivity index (χ0n) is 7.50. The number of aliphatic carboxylic acids is 1. The summed E-state index contributed by atoms with van der Waals surface area (Å²) in [6, 6.07) is 0. The Kier molecular flexibility index (Phi) is 4.36. The van der Waals surface area contributed by atoms with E-state index in [1.54, 1.807) is 6.92 Å². The molecule has 1 atom stereocenters. The highest BCUT2D eigenvalue weighted by Gasteiger charge is 2.10. The van der Waals surface area contributed by atoms with Gasteiger partial charge in [-0.1, -0.05) is 6.92 Å². The third-order valence-electron chi connectivity index (χ3n) is 1.37. The molecule has 1 unspecified atom stereocenters. The first kappa shape index (κ1) is 11.0. The molecule has 0 aliphatic carbocycles. The molecule has 0 aliphatic rings. The Bertz CT molecular complexity index is 193. The normalized spacial score (nSPS) is 15.0. The van der Waals surface area contributed by atoms with Gasteiger partial charge >= 0.3 is 5.97 Å². The Morgan fingerprint density at radius 2 is 2.08 bits per heavy atom. The highest BCUT2D eigenvalue weighted by molar-refractivity contribution is 5.86. The van der Waals surface area contributed by atoms with Gasteiger partial charge in [0.15, 0.2) is 6.29 Å². The van der Waals surface area contributed by atoms with Gasteiger partial charge in [0, 0.05) is 6.42 Å². The van der Waals surface area contributed by atoms with Crippen molar-refractivity contribution in [3.05, 3.63) is 11.3 Å². The SMILES string of the molecule is CC/C(OC(C)O)=C(/C)C(=O)O. The molecule has 0 spiro atoms. The Labute approximate surface area is 71.5 Å². The van der Waals surface area contributed by atoms with Gasteiger partial charge in [-0.15, -0.1) is 0 Å². The largest absolute Gasteiger partial charge is 0.478 e. The molecule has 12 heavy (non-hydrogen) atoms. The van der Waals surface area contributed by atoms with Crippen molar-refractivity contribution < 1.29 is 19.7 Å². The molecular formula is C8H14O4. The summed E-state index contributed by atoms with van der Waals surface area (Å²) in [6.07, 6.45) is -0.502. The second kappa shape index (κ2) is 4.77. The molecule has 2 N–H and O–H groups in total. The van der Waals surface area contributed by atoms with Crippen LogP contribution in [0.15, 0.2) is 11.3 Å². The van der Waals surface area contributed by atoms with Crippen LogP contribution in [-0.4, -0.2) is 22.5 Å². The van der Waals surface area contributed by atoms with Crippen LogP contribution < -0.4 is 0 Å². The lowest BCUT2D eigenvalue weighted by Crippen LogP contribution is -2.10. The number of aliphatic hydroxyl groups excluding tert-OH is 1. The van der Waals surface area contributed by atoms with Crippen molar-refractivity contribution in [2.24, 2.45) is 0 Å². The summed E-state index contributed by atoms with van der Waals surface area (Å²) >= 11 is 0. The van der Waals surface area contributed by atoms with Gasteiger partial charge in [0.05, 0.1) is 5.57 Å². The minimum atomic E-state index is -1.02. The van der Waals surface area contributed by atoms with Crippen LogP contribution in [0.5, 0.6) is 0 Å². The number of allylic oxidation sites excluding steroid dienone is 1. The molecule has 0 aromatic carbocycles. The van der Waals surface area contributed by atoms with Crippen molar-refractivity contribution in [3.8, 4) is 0 Å². The molecule has 0 heterocycles. The molecule has 4 heteroatoms. The number of carboxylic acid groups (broad SMARTS) is 1. The van der Waals surface area contributed by atoms with Crippen molar-refractivity contribution >= 4 is 5.97 Å². The summed E-state index contributed by atoms with van der Waals surface area (Å²) in [4.78, 5) is 10.5. The third-order valence-corrected chi connectivity index (χ3v) is 1.37. The van der Waals surface area contributed by atoms with Crippen molar-refractivity contribution in [2.45, 2.75) is 33.5 Å².